The van der Waals surface area contributed by atoms with Gasteiger partial charge in [-0.2, -0.15) is 13.2 Å². The van der Waals surface area contributed by atoms with E-state index in [1.165, 1.54) is 12.1 Å². The minimum atomic E-state index is -4.38. The second-order valence-electron chi connectivity index (χ2n) is 7.16. The maximum atomic E-state index is 13.2. The second kappa shape index (κ2) is 8.25. The minimum Gasteiger partial charge on any atom is -0.382 e. The van der Waals surface area contributed by atoms with Gasteiger partial charge in [0.05, 0.1) is 11.3 Å². The van der Waals surface area contributed by atoms with Crippen LogP contribution in [0.5, 0.6) is 0 Å². The first kappa shape index (κ1) is 21.5. The lowest BCUT2D eigenvalue weighted by atomic mass is 10.1. The molecule has 0 bridgehead atoms. The zero-order valence-electron chi connectivity index (χ0n) is 17.1. The van der Waals surface area contributed by atoms with E-state index in [4.69, 9.17) is 5.73 Å². The van der Waals surface area contributed by atoms with Crippen molar-refractivity contribution in [2.75, 3.05) is 23.7 Å². The molecule has 0 aliphatic carbocycles. The number of alkyl halides is 3. The lowest BCUT2D eigenvalue weighted by Gasteiger charge is -2.32. The van der Waals surface area contributed by atoms with Crippen molar-refractivity contribution in [1.82, 2.24) is 20.3 Å². The predicted octanol–water partition coefficient (Wildman–Crippen LogP) is 4.34. The molecule has 9 heteroatoms. The summed E-state index contributed by atoms with van der Waals surface area (Å²) < 4.78 is 39.5. The molecule has 160 valence electrons. The third-order valence-electron chi connectivity index (χ3n) is 5.03. The summed E-state index contributed by atoms with van der Waals surface area (Å²) in [5, 5.41) is 3.19. The smallest absolute Gasteiger partial charge is 0.382 e. The van der Waals surface area contributed by atoms with Gasteiger partial charge in [-0.1, -0.05) is 12.6 Å². The number of aryl methyl sites for hydroxylation is 1. The number of anilines is 2. The SMILES string of the molecule is C=C(NCC(C)N(CC)c1cc(C(F)(F)F)ccc1C)c1nc2cc[nH]c2nc1N. The zero-order valence-corrected chi connectivity index (χ0v) is 17.1. The number of aromatic amines is 1. The molecule has 6 nitrogen and oxygen atoms in total. The molecule has 1 unspecified atom stereocenters. The average molecular weight is 418 g/mol. The lowest BCUT2D eigenvalue weighted by Crippen LogP contribution is -2.40. The van der Waals surface area contributed by atoms with E-state index < -0.39 is 11.7 Å². The first-order valence-corrected chi connectivity index (χ1v) is 9.60. The zero-order chi connectivity index (χ0) is 22.1. The molecule has 0 radical (unpaired) electrons. The number of nitrogens with zero attached hydrogens (tertiary/aromatic N) is 3. The minimum absolute atomic E-state index is 0.112. The Morgan fingerprint density at radius 2 is 2.03 bits per heavy atom. The van der Waals surface area contributed by atoms with E-state index in [2.05, 4.69) is 26.8 Å². The van der Waals surface area contributed by atoms with Gasteiger partial charge in [0.1, 0.15) is 11.2 Å². The molecule has 0 saturated carbocycles. The maximum Gasteiger partial charge on any atom is 0.416 e. The van der Waals surface area contributed by atoms with Crippen molar-refractivity contribution in [2.45, 2.75) is 33.0 Å². The summed E-state index contributed by atoms with van der Waals surface area (Å²) in [5.74, 6) is 0.246. The molecule has 1 aromatic carbocycles. The van der Waals surface area contributed by atoms with Crippen molar-refractivity contribution < 1.29 is 13.2 Å². The van der Waals surface area contributed by atoms with Crippen molar-refractivity contribution in [2.24, 2.45) is 0 Å². The van der Waals surface area contributed by atoms with E-state index in [1.807, 2.05) is 18.7 Å². The van der Waals surface area contributed by atoms with Gasteiger partial charge in [-0.15, -0.1) is 0 Å². The van der Waals surface area contributed by atoms with E-state index in [-0.39, 0.29) is 11.9 Å². The molecule has 0 saturated heterocycles. The molecule has 3 rings (SSSR count). The monoisotopic (exact) mass is 418 g/mol. The van der Waals surface area contributed by atoms with E-state index in [1.54, 1.807) is 19.2 Å². The highest BCUT2D eigenvalue weighted by molar-refractivity contribution is 5.78. The third-order valence-corrected chi connectivity index (χ3v) is 5.03. The topological polar surface area (TPSA) is 82.9 Å². The fourth-order valence-corrected chi connectivity index (χ4v) is 3.38. The number of halogens is 3. The highest BCUT2D eigenvalue weighted by atomic mass is 19.4. The van der Waals surface area contributed by atoms with Crippen LogP contribution in [0.15, 0.2) is 37.0 Å². The number of hydrogen-bond acceptors (Lipinski definition) is 5. The molecule has 4 N–H and O–H groups in total. The van der Waals surface area contributed by atoms with Gasteiger partial charge in [-0.25, -0.2) is 9.97 Å². The molecule has 2 aromatic heterocycles. The van der Waals surface area contributed by atoms with Gasteiger partial charge in [0.2, 0.25) is 0 Å². The number of fused-ring (bicyclic) bond motifs is 1. The third kappa shape index (κ3) is 4.34. The van der Waals surface area contributed by atoms with Gasteiger partial charge in [0, 0.05) is 31.0 Å². The lowest BCUT2D eigenvalue weighted by molar-refractivity contribution is -0.137. The van der Waals surface area contributed by atoms with Crippen LogP contribution < -0.4 is 16.0 Å². The highest BCUT2D eigenvalue weighted by Crippen LogP contribution is 2.34. The van der Waals surface area contributed by atoms with Gasteiger partial charge in [-0.05, 0) is 44.5 Å². The number of likely N-dealkylation sites (N-methyl/N-ethyl adjacent to an activating group) is 1. The van der Waals surface area contributed by atoms with Gasteiger partial charge >= 0.3 is 6.18 Å². The molecular formula is C21H25F3N6. The van der Waals surface area contributed by atoms with Crippen LogP contribution in [0.1, 0.15) is 30.7 Å². The fraction of sp³-hybridized carbons (Fsp3) is 0.333. The van der Waals surface area contributed by atoms with E-state index in [0.717, 1.165) is 11.6 Å². The van der Waals surface area contributed by atoms with Crippen LogP contribution in [0.2, 0.25) is 0 Å². The van der Waals surface area contributed by atoms with E-state index in [9.17, 15) is 13.2 Å². The summed E-state index contributed by atoms with van der Waals surface area (Å²) in [5.41, 5.74) is 8.90. The molecular weight excluding hydrogens is 393 g/mol. The number of nitrogens with two attached hydrogens (primary N) is 1. The van der Waals surface area contributed by atoms with Crippen molar-refractivity contribution in [3.63, 3.8) is 0 Å². The van der Waals surface area contributed by atoms with Gasteiger partial charge in [0.15, 0.2) is 11.5 Å². The Labute approximate surface area is 173 Å². The van der Waals surface area contributed by atoms with Crippen LogP contribution in [0.25, 0.3) is 16.9 Å². The van der Waals surface area contributed by atoms with Crippen LogP contribution in [0, 0.1) is 6.92 Å². The normalized spacial score (nSPS) is 12.7. The Hall–Kier alpha value is -3.23. The average Bonchev–Trinajstić information content (AvgIpc) is 3.13. The number of H-pyrrole nitrogens is 1. The molecule has 0 aliphatic rings. The van der Waals surface area contributed by atoms with Gasteiger partial charge in [0.25, 0.3) is 0 Å². The number of hydrogen-bond donors (Lipinski definition) is 3. The number of nitrogen functional groups attached to an aromatic ring is 1. The summed E-state index contributed by atoms with van der Waals surface area (Å²) in [6.07, 6.45) is -2.66. The van der Waals surface area contributed by atoms with Crippen molar-refractivity contribution in [3.8, 4) is 0 Å². The number of benzene rings is 1. The van der Waals surface area contributed by atoms with Crippen LogP contribution in [-0.4, -0.2) is 34.1 Å². The first-order valence-electron chi connectivity index (χ1n) is 9.60. The van der Waals surface area contributed by atoms with E-state index in [0.29, 0.717) is 41.3 Å². The van der Waals surface area contributed by atoms with Gasteiger partial charge < -0.3 is 20.9 Å². The van der Waals surface area contributed by atoms with Crippen LogP contribution >= 0.6 is 0 Å². The quantitative estimate of drug-likeness (QED) is 0.532. The number of rotatable bonds is 7. The second-order valence-corrected chi connectivity index (χ2v) is 7.16. The van der Waals surface area contributed by atoms with Crippen LogP contribution in [0.4, 0.5) is 24.7 Å². The summed E-state index contributed by atoms with van der Waals surface area (Å²) in [4.78, 5) is 13.6. The molecule has 2 heterocycles. The molecule has 0 spiro atoms. The summed E-state index contributed by atoms with van der Waals surface area (Å²) in [6.45, 7) is 10.6. The van der Waals surface area contributed by atoms with Gasteiger partial charge in [-0.3, -0.25) is 0 Å². The maximum absolute atomic E-state index is 13.2. The Bertz CT molecular complexity index is 1060. The Kier molecular flexibility index (Phi) is 5.91. The molecule has 0 aliphatic heterocycles. The van der Waals surface area contributed by atoms with Crippen LogP contribution in [0.3, 0.4) is 0 Å². The predicted molar refractivity (Wildman–Crippen MR) is 114 cm³/mol. The molecule has 0 amide bonds. The highest BCUT2D eigenvalue weighted by Gasteiger charge is 2.31. The molecule has 30 heavy (non-hydrogen) atoms. The Morgan fingerprint density at radius 1 is 1.30 bits per heavy atom. The molecule has 1 atom stereocenters. The van der Waals surface area contributed by atoms with Crippen LogP contribution in [-0.2, 0) is 6.18 Å². The Morgan fingerprint density at radius 3 is 2.70 bits per heavy atom. The largest absolute Gasteiger partial charge is 0.416 e. The van der Waals surface area contributed by atoms with Crippen molar-refractivity contribution in [3.05, 3.63) is 53.9 Å². The summed E-state index contributed by atoms with van der Waals surface area (Å²) in [6, 6.07) is 5.49. The summed E-state index contributed by atoms with van der Waals surface area (Å²) >= 11 is 0. The first-order chi connectivity index (χ1) is 14.1. The Balaban J connectivity index is 1.76. The summed E-state index contributed by atoms with van der Waals surface area (Å²) in [7, 11) is 0. The standard InChI is InChI=1S/C21H25F3N6/c1-5-30(17-10-15(21(22,23)24)7-6-12(17)2)13(3)11-27-14(4)18-19(25)29-20-16(28-18)8-9-26-20/h6-10,13,27H,4-5,11H2,1-3H3,(H3,25,26,29). The molecule has 3 aromatic rings. The molecule has 0 fully saturated rings. The van der Waals surface area contributed by atoms with Crippen molar-refractivity contribution >= 4 is 28.4 Å². The number of nitrogens with one attached hydrogen (secondary N) is 2. The fourth-order valence-electron chi connectivity index (χ4n) is 3.38. The van der Waals surface area contributed by atoms with Crippen molar-refractivity contribution in [1.29, 1.82) is 0 Å². The number of aromatic nitrogens is 3. The van der Waals surface area contributed by atoms with E-state index >= 15 is 0 Å².